The number of fused-ring (bicyclic) bond motifs is 5. The van der Waals surface area contributed by atoms with E-state index in [1.807, 2.05) is 19.1 Å². The third-order valence-electron chi connectivity index (χ3n) is 16.3. The predicted octanol–water partition coefficient (Wildman–Crippen LogP) is 7.82. The summed E-state index contributed by atoms with van der Waals surface area (Å²) in [5.74, 6) is -0.967. The van der Waals surface area contributed by atoms with Crippen molar-refractivity contribution in [3.05, 3.63) is 34.6 Å². The molecule has 4 bridgehead atoms. The first kappa shape index (κ1) is 65.7. The predicted molar refractivity (Wildman–Crippen MR) is 300 cm³/mol. The van der Waals surface area contributed by atoms with Crippen molar-refractivity contribution in [2.24, 2.45) is 23.7 Å². The molecule has 2 heterocycles. The molecule has 2 aliphatic heterocycles. The lowest BCUT2D eigenvalue weighted by Gasteiger charge is -2.43. The van der Waals surface area contributed by atoms with Crippen molar-refractivity contribution in [1.82, 2.24) is 25.3 Å². The number of thioether (sulfide) groups is 1. The summed E-state index contributed by atoms with van der Waals surface area (Å²) in [6.45, 7) is 12.3. The Morgan fingerprint density at radius 2 is 1.73 bits per heavy atom. The molecule has 2 saturated heterocycles. The Bertz CT molecular complexity index is 2170. The van der Waals surface area contributed by atoms with E-state index in [0.29, 0.717) is 42.6 Å². The van der Waals surface area contributed by atoms with Crippen molar-refractivity contribution in [3.63, 3.8) is 0 Å². The zero-order chi connectivity index (χ0) is 58.2. The fourth-order valence-electron chi connectivity index (χ4n) is 11.1. The third-order valence-corrected chi connectivity index (χ3v) is 17.8. The first-order valence-corrected chi connectivity index (χ1v) is 29.9. The molecule has 22 heteroatoms. The first-order valence-electron chi connectivity index (χ1n) is 28.5. The Hall–Kier alpha value is -4.12. The number of allylic oxidation sites excluding steroid dienone is 4. The summed E-state index contributed by atoms with van der Waals surface area (Å²) in [6.07, 6.45) is 7.71. The first-order chi connectivity index (χ1) is 37.4. The third kappa shape index (κ3) is 19.0. The van der Waals surface area contributed by atoms with Crippen LogP contribution < -0.4 is 10.6 Å². The molecule has 20 nitrogen and oxygen atoms in total. The summed E-state index contributed by atoms with van der Waals surface area (Å²) in [5.41, 5.74) is -1.77. The second-order valence-corrected chi connectivity index (χ2v) is 24.3. The highest BCUT2D eigenvalue weighted by Gasteiger charge is 2.64. The number of epoxide rings is 1. The van der Waals surface area contributed by atoms with Gasteiger partial charge >= 0.3 is 18.2 Å². The fourth-order valence-corrected chi connectivity index (χ4v) is 12.1. The van der Waals surface area contributed by atoms with E-state index in [9.17, 15) is 39.0 Å². The lowest BCUT2D eigenvalue weighted by atomic mass is 9.81. The maximum absolute atomic E-state index is 14.2. The van der Waals surface area contributed by atoms with Crippen LogP contribution >= 0.6 is 23.4 Å². The van der Waals surface area contributed by atoms with Crippen LogP contribution in [-0.4, -0.2) is 188 Å². The van der Waals surface area contributed by atoms with Crippen LogP contribution in [0.15, 0.2) is 34.6 Å². The highest BCUT2D eigenvalue weighted by molar-refractivity contribution is 8.13. The summed E-state index contributed by atoms with van der Waals surface area (Å²) >= 11 is 8.09. The van der Waals surface area contributed by atoms with Crippen LogP contribution in [0.1, 0.15) is 138 Å². The molecule has 3 fully saturated rings. The Kier molecular flexibility index (Phi) is 25.6. The second kappa shape index (κ2) is 30.8. The molecule has 1 saturated carbocycles. The molecule has 5 aliphatic rings. The van der Waals surface area contributed by atoms with E-state index in [1.165, 1.54) is 35.9 Å². The minimum Gasteiger partial charge on any atom is -0.492 e. The van der Waals surface area contributed by atoms with Gasteiger partial charge in [-0.3, -0.25) is 19.7 Å². The second-order valence-electron chi connectivity index (χ2n) is 22.9. The van der Waals surface area contributed by atoms with Gasteiger partial charge < -0.3 is 63.4 Å². The van der Waals surface area contributed by atoms with E-state index in [1.54, 1.807) is 34.0 Å². The van der Waals surface area contributed by atoms with Crippen LogP contribution in [0, 0.1) is 23.7 Å². The van der Waals surface area contributed by atoms with Crippen molar-refractivity contribution in [2.75, 3.05) is 67.4 Å². The quantitative estimate of drug-likeness (QED) is 0.0417. The summed E-state index contributed by atoms with van der Waals surface area (Å²) < 4.78 is 42.4. The van der Waals surface area contributed by atoms with Gasteiger partial charge in [0, 0.05) is 85.2 Å². The zero-order valence-electron chi connectivity index (χ0n) is 48.6. The van der Waals surface area contributed by atoms with Crippen molar-refractivity contribution in [1.29, 1.82) is 0 Å². The van der Waals surface area contributed by atoms with Gasteiger partial charge in [0.15, 0.2) is 5.72 Å². The number of alkyl carbamates (subject to hydrolysis) is 1. The molecule has 6 unspecified atom stereocenters. The van der Waals surface area contributed by atoms with Gasteiger partial charge in [-0.05, 0) is 89.2 Å². The number of hydrogen-bond donors (Lipinski definition) is 4. The Morgan fingerprint density at radius 3 is 2.44 bits per heavy atom. The van der Waals surface area contributed by atoms with Crippen molar-refractivity contribution < 1.29 is 72.1 Å². The fraction of sp³-hybridized carbons (Fsp3) is 0.789. The molecular weight excluding hydrogens is 1060 g/mol. The highest BCUT2D eigenvalue weighted by atomic mass is 35.5. The minimum absolute atomic E-state index is 0.00667. The van der Waals surface area contributed by atoms with E-state index in [0.717, 1.165) is 68.7 Å². The van der Waals surface area contributed by atoms with Gasteiger partial charge in [0.05, 0.1) is 30.0 Å². The van der Waals surface area contributed by atoms with Crippen LogP contribution in [0.3, 0.4) is 0 Å². The Labute approximate surface area is 477 Å². The molecule has 4 N–H and O–H groups in total. The molecule has 0 aromatic heterocycles. The van der Waals surface area contributed by atoms with Crippen molar-refractivity contribution in [3.8, 4) is 0 Å². The summed E-state index contributed by atoms with van der Waals surface area (Å²) in [7, 11) is 7.68. The van der Waals surface area contributed by atoms with Gasteiger partial charge in [0.1, 0.15) is 48.4 Å². The summed E-state index contributed by atoms with van der Waals surface area (Å²) in [6, 6.07) is -1.08. The average Bonchev–Trinajstić information content (AvgIpc) is 3.85. The number of ether oxygens (including phenoxy) is 7. The van der Waals surface area contributed by atoms with E-state index in [-0.39, 0.29) is 74.1 Å². The van der Waals surface area contributed by atoms with E-state index < -0.39 is 90.1 Å². The van der Waals surface area contributed by atoms with Gasteiger partial charge in [0.2, 0.25) is 11.8 Å². The van der Waals surface area contributed by atoms with Gasteiger partial charge in [-0.1, -0.05) is 88.4 Å². The van der Waals surface area contributed by atoms with E-state index in [4.69, 9.17) is 44.8 Å². The van der Waals surface area contributed by atoms with Crippen LogP contribution in [0.4, 0.5) is 14.4 Å². The standard InChI is InChI=1S/C57H92ClN5O15S/c1-12-18-36(3)33-73-44-29-39-27-35(2)19-17-22-46(72-11)57(71)32-45(75-53(68)60-57)37(4)51-56(6,78-51)47(31-41(64)30-40(28-39)50(44)58)77-52(67)38(5)63(10)49(66)23-26-79-55(70)62(9)25-24-61(8)54(69)76-43-21-16-14-13-15-20-42(43)74-34-48(65)59-7/h16,21,29,35-38,40-43,45-47,51,64,71H,12-15,17-20,22-28,30-34H2,1-11H3,(H,59,65)(H,60,68)/b21-16+/t35?,36?,37-,38+,40?,41?,42?,43?,45+,46-,47+,51+,56+,57+/m1/s1. The number of amides is 5. The number of rotatable bonds is 19. The SMILES string of the molecule is CCCC(C)COC1=C(Cl)C2CC(=C1)CC(C)CCC[C@@H](OC)[C@@]1(O)C[C@H](OC(=O)N1)[C@@H](C)[C@@H]1O[C@@]1(C)[C@@H](OC(=O)[C@H](C)N(C)C(=O)CCSC(=O)N(C)CCN(C)C(=O)OC1/C=C/CCCCC1OCC(=O)NC)CC(O)C2. The van der Waals surface area contributed by atoms with Crippen molar-refractivity contribution in [2.45, 2.75) is 198 Å². The Morgan fingerprint density at radius 1 is 1.00 bits per heavy atom. The van der Waals surface area contributed by atoms with Gasteiger partial charge in [0.25, 0.3) is 5.24 Å². The maximum Gasteiger partial charge on any atom is 0.410 e. The number of aliphatic hydroxyl groups excluding tert-OH is 1. The minimum atomic E-state index is -1.74. The highest BCUT2D eigenvalue weighted by Crippen LogP contribution is 2.50. The number of nitrogens with zero attached hydrogens (tertiary/aromatic N) is 3. The van der Waals surface area contributed by atoms with E-state index >= 15 is 0 Å². The lowest BCUT2D eigenvalue weighted by Crippen LogP contribution is -2.64. The molecule has 3 aliphatic carbocycles. The van der Waals surface area contributed by atoms with Gasteiger partial charge in [-0.15, -0.1) is 0 Å². The molecular formula is C57H92ClN5O15S. The molecule has 14 atom stereocenters. The van der Waals surface area contributed by atoms with Crippen LogP contribution in [-0.2, 0) is 47.5 Å². The average molecular weight is 1150 g/mol. The van der Waals surface area contributed by atoms with Gasteiger partial charge in [-0.25, -0.2) is 14.4 Å². The number of likely N-dealkylation sites (N-methyl/N-ethyl adjacent to an activating group) is 4. The largest absolute Gasteiger partial charge is 0.492 e. The Balaban J connectivity index is 1.23. The summed E-state index contributed by atoms with van der Waals surface area (Å²) in [5, 5.41) is 29.4. The topological polar surface area (TPSA) is 245 Å². The molecule has 5 rings (SSSR count). The number of hydrogen-bond acceptors (Lipinski definition) is 16. The number of methoxy groups -OCH3 is 1. The molecule has 0 spiro atoms. The van der Waals surface area contributed by atoms with E-state index in [2.05, 4.69) is 31.4 Å². The molecule has 79 heavy (non-hydrogen) atoms. The van der Waals surface area contributed by atoms with Crippen LogP contribution in [0.2, 0.25) is 0 Å². The number of aliphatic hydroxyl groups is 2. The lowest BCUT2D eigenvalue weighted by molar-refractivity contribution is -0.162. The number of halogens is 1. The number of carbonyl (C=O) groups excluding carboxylic acids is 6. The monoisotopic (exact) mass is 1150 g/mol. The summed E-state index contributed by atoms with van der Waals surface area (Å²) in [4.78, 5) is 83.2. The molecule has 0 radical (unpaired) electrons. The van der Waals surface area contributed by atoms with Crippen LogP contribution in [0.5, 0.6) is 0 Å². The normalized spacial score (nSPS) is 31.7. The number of nitrogens with one attached hydrogen (secondary N) is 2. The molecule has 0 aromatic rings. The van der Waals surface area contributed by atoms with Gasteiger partial charge in [-0.2, -0.15) is 0 Å². The maximum atomic E-state index is 14.2. The molecule has 448 valence electrons. The number of carbonyl (C=O) groups is 6. The van der Waals surface area contributed by atoms with Crippen LogP contribution in [0.25, 0.3) is 0 Å². The molecule has 0 aromatic carbocycles. The smallest absolute Gasteiger partial charge is 0.410 e. The number of esters is 1. The van der Waals surface area contributed by atoms with Crippen molar-refractivity contribution >= 4 is 58.6 Å². The zero-order valence-corrected chi connectivity index (χ0v) is 50.2. The molecule has 5 amide bonds.